The molecule has 1 saturated carbocycles. The van der Waals surface area contributed by atoms with Crippen molar-refractivity contribution in [3.63, 3.8) is 0 Å². The summed E-state index contributed by atoms with van der Waals surface area (Å²) in [5, 5.41) is 4.10. The van der Waals surface area contributed by atoms with Gasteiger partial charge in [0, 0.05) is 24.4 Å². The third kappa shape index (κ3) is 2.97. The van der Waals surface area contributed by atoms with Gasteiger partial charge in [0.1, 0.15) is 10.7 Å². The van der Waals surface area contributed by atoms with Crippen molar-refractivity contribution >= 4 is 10.0 Å². The lowest BCUT2D eigenvalue weighted by molar-refractivity contribution is 0.225. The molecule has 1 aliphatic heterocycles. The van der Waals surface area contributed by atoms with Crippen LogP contribution in [0.3, 0.4) is 0 Å². The summed E-state index contributed by atoms with van der Waals surface area (Å²) in [6.45, 7) is 2.52. The van der Waals surface area contributed by atoms with Crippen LogP contribution in [-0.2, 0) is 15.4 Å². The summed E-state index contributed by atoms with van der Waals surface area (Å²) in [7, 11) is -3.90. The Morgan fingerprint density at radius 3 is 2.80 bits per heavy atom. The molecule has 1 unspecified atom stereocenters. The number of hydrogen-bond acceptors (Lipinski definition) is 5. The van der Waals surface area contributed by atoms with Gasteiger partial charge in [-0.05, 0) is 37.8 Å². The Morgan fingerprint density at radius 2 is 2.08 bits per heavy atom. The van der Waals surface area contributed by atoms with Gasteiger partial charge in [-0.25, -0.2) is 12.8 Å². The molecule has 8 heteroatoms. The minimum absolute atomic E-state index is 0.216. The van der Waals surface area contributed by atoms with Crippen molar-refractivity contribution in [1.29, 1.82) is 0 Å². The lowest BCUT2D eigenvalue weighted by Gasteiger charge is -2.37. The second kappa shape index (κ2) is 5.88. The summed E-state index contributed by atoms with van der Waals surface area (Å²) in [6, 6.07) is 5.47. The zero-order valence-corrected chi connectivity index (χ0v) is 14.8. The van der Waals surface area contributed by atoms with Crippen LogP contribution in [0.2, 0.25) is 0 Å². The Hall–Kier alpha value is -1.80. The van der Waals surface area contributed by atoms with E-state index in [0.717, 1.165) is 25.3 Å². The first-order chi connectivity index (χ1) is 11.9. The van der Waals surface area contributed by atoms with Gasteiger partial charge < -0.3 is 4.52 Å². The molecule has 1 aliphatic carbocycles. The van der Waals surface area contributed by atoms with Crippen LogP contribution >= 0.6 is 0 Å². The van der Waals surface area contributed by atoms with Crippen LogP contribution in [0.4, 0.5) is 4.39 Å². The molecule has 1 aromatic heterocycles. The molecule has 0 spiro atoms. The molecule has 0 amide bonds. The number of nitrogens with zero attached hydrogens (tertiary/aromatic N) is 3. The van der Waals surface area contributed by atoms with E-state index in [9.17, 15) is 12.8 Å². The lowest BCUT2D eigenvalue weighted by atomic mass is 9.82. The van der Waals surface area contributed by atoms with Crippen LogP contribution in [0.15, 0.2) is 33.7 Å². The van der Waals surface area contributed by atoms with E-state index in [0.29, 0.717) is 30.6 Å². The summed E-state index contributed by atoms with van der Waals surface area (Å²) >= 11 is 0. The molecule has 25 heavy (non-hydrogen) atoms. The first kappa shape index (κ1) is 16.7. The zero-order chi connectivity index (χ0) is 17.7. The molecule has 2 heterocycles. The predicted octanol–water partition coefficient (Wildman–Crippen LogP) is 2.83. The standard InChI is InChI=1S/C17H20FN3O3S/c1-17(16-19-15(24-20-16)12-7-8-12)9-4-10-21(11-17)25(22,23)14-6-3-2-5-13(14)18/h2-3,5-6,12H,4,7-11H2,1H3. The highest BCUT2D eigenvalue weighted by Gasteiger charge is 2.42. The first-order valence-electron chi connectivity index (χ1n) is 8.49. The summed E-state index contributed by atoms with van der Waals surface area (Å²) in [6.07, 6.45) is 3.55. The lowest BCUT2D eigenvalue weighted by Crippen LogP contribution is -2.47. The van der Waals surface area contributed by atoms with Gasteiger partial charge in [-0.1, -0.05) is 24.2 Å². The van der Waals surface area contributed by atoms with Crippen molar-refractivity contribution in [2.45, 2.75) is 48.8 Å². The summed E-state index contributed by atoms with van der Waals surface area (Å²) in [5.41, 5.74) is -0.535. The molecule has 6 nitrogen and oxygen atoms in total. The number of aromatic nitrogens is 2. The van der Waals surface area contributed by atoms with Crippen LogP contribution in [0.25, 0.3) is 0 Å². The smallest absolute Gasteiger partial charge is 0.246 e. The molecule has 2 aromatic rings. The Balaban J connectivity index is 1.62. The number of sulfonamides is 1. The number of benzene rings is 1. The van der Waals surface area contributed by atoms with Gasteiger partial charge in [-0.15, -0.1) is 0 Å². The van der Waals surface area contributed by atoms with Gasteiger partial charge in [-0.3, -0.25) is 0 Å². The van der Waals surface area contributed by atoms with Crippen molar-refractivity contribution in [3.8, 4) is 0 Å². The van der Waals surface area contributed by atoms with E-state index < -0.39 is 21.3 Å². The minimum Gasteiger partial charge on any atom is -0.339 e. The molecule has 1 aromatic carbocycles. The molecule has 1 atom stereocenters. The molecule has 2 aliphatic rings. The van der Waals surface area contributed by atoms with Crippen molar-refractivity contribution in [1.82, 2.24) is 14.4 Å². The van der Waals surface area contributed by atoms with Gasteiger partial charge in [0.2, 0.25) is 15.9 Å². The largest absolute Gasteiger partial charge is 0.339 e. The molecule has 0 radical (unpaired) electrons. The fraction of sp³-hybridized carbons (Fsp3) is 0.529. The van der Waals surface area contributed by atoms with Crippen LogP contribution in [0.5, 0.6) is 0 Å². The van der Waals surface area contributed by atoms with Gasteiger partial charge in [-0.2, -0.15) is 9.29 Å². The second-order valence-electron chi connectivity index (χ2n) is 7.16. The van der Waals surface area contributed by atoms with E-state index in [1.807, 2.05) is 6.92 Å². The first-order valence-corrected chi connectivity index (χ1v) is 9.93. The van der Waals surface area contributed by atoms with Crippen LogP contribution in [-0.4, -0.2) is 36.0 Å². The third-order valence-corrected chi connectivity index (χ3v) is 6.90. The second-order valence-corrected chi connectivity index (χ2v) is 9.07. The fourth-order valence-electron chi connectivity index (χ4n) is 3.35. The topological polar surface area (TPSA) is 76.3 Å². The monoisotopic (exact) mass is 365 g/mol. The molecule has 2 fully saturated rings. The molecule has 134 valence electrons. The van der Waals surface area contributed by atoms with Crippen molar-refractivity contribution in [2.24, 2.45) is 0 Å². The van der Waals surface area contributed by atoms with Gasteiger partial charge in [0.05, 0.1) is 0 Å². The van der Waals surface area contributed by atoms with E-state index in [4.69, 9.17) is 4.52 Å². The Kier molecular flexibility index (Phi) is 3.92. The van der Waals surface area contributed by atoms with E-state index in [1.54, 1.807) is 0 Å². The van der Waals surface area contributed by atoms with E-state index in [2.05, 4.69) is 10.1 Å². The van der Waals surface area contributed by atoms with Crippen molar-refractivity contribution in [3.05, 3.63) is 41.8 Å². The maximum atomic E-state index is 14.0. The molecular weight excluding hydrogens is 345 g/mol. The Labute approximate surface area is 146 Å². The maximum Gasteiger partial charge on any atom is 0.246 e. The Bertz CT molecular complexity index is 894. The summed E-state index contributed by atoms with van der Waals surface area (Å²) < 4.78 is 46.4. The fourth-order valence-corrected chi connectivity index (χ4v) is 5.02. The highest BCUT2D eigenvalue weighted by atomic mass is 32.2. The molecule has 0 N–H and O–H groups in total. The highest BCUT2D eigenvalue weighted by Crippen LogP contribution is 2.41. The quantitative estimate of drug-likeness (QED) is 0.833. The molecule has 0 bridgehead atoms. The van der Waals surface area contributed by atoms with Gasteiger partial charge >= 0.3 is 0 Å². The number of halogens is 1. The third-order valence-electron chi connectivity index (χ3n) is 5.02. The number of hydrogen-bond donors (Lipinski definition) is 0. The van der Waals surface area contributed by atoms with Crippen LogP contribution < -0.4 is 0 Å². The molecule has 1 saturated heterocycles. The van der Waals surface area contributed by atoms with Gasteiger partial charge in [0.15, 0.2) is 5.82 Å². The summed E-state index contributed by atoms with van der Waals surface area (Å²) in [5.74, 6) is 0.810. The average molecular weight is 365 g/mol. The van der Waals surface area contributed by atoms with Gasteiger partial charge in [0.25, 0.3) is 0 Å². The number of piperidine rings is 1. The maximum absolute atomic E-state index is 14.0. The van der Waals surface area contributed by atoms with E-state index >= 15 is 0 Å². The van der Waals surface area contributed by atoms with E-state index in [1.165, 1.54) is 22.5 Å². The van der Waals surface area contributed by atoms with Crippen molar-refractivity contribution in [2.75, 3.05) is 13.1 Å². The Morgan fingerprint density at radius 1 is 1.32 bits per heavy atom. The highest BCUT2D eigenvalue weighted by molar-refractivity contribution is 7.89. The van der Waals surface area contributed by atoms with Crippen molar-refractivity contribution < 1.29 is 17.3 Å². The van der Waals surface area contributed by atoms with Crippen LogP contribution in [0.1, 0.15) is 50.2 Å². The predicted molar refractivity (Wildman–Crippen MR) is 88.0 cm³/mol. The number of rotatable bonds is 4. The molecule has 4 rings (SSSR count). The van der Waals surface area contributed by atoms with Crippen LogP contribution in [0, 0.1) is 5.82 Å². The average Bonchev–Trinajstić information content (AvgIpc) is 3.31. The summed E-state index contributed by atoms with van der Waals surface area (Å²) in [4.78, 5) is 4.22. The zero-order valence-electron chi connectivity index (χ0n) is 14.0. The van der Waals surface area contributed by atoms with E-state index in [-0.39, 0.29) is 11.4 Å². The molecular formula is C17H20FN3O3S. The normalized spacial score (nSPS) is 25.2. The SMILES string of the molecule is CC1(c2noc(C3CC3)n2)CCCN(S(=O)(=O)c2ccccc2F)C1. The minimum atomic E-state index is -3.90.